The zero-order valence-electron chi connectivity index (χ0n) is 8.60. The molecule has 6 nitrogen and oxygen atoms in total. The van der Waals surface area contributed by atoms with E-state index in [1.807, 2.05) is 0 Å². The van der Waals surface area contributed by atoms with Crippen molar-refractivity contribution in [2.75, 3.05) is 0 Å². The van der Waals surface area contributed by atoms with Crippen molar-refractivity contribution in [3.05, 3.63) is 35.6 Å². The molecule has 7 heteroatoms. The van der Waals surface area contributed by atoms with Crippen molar-refractivity contribution in [1.82, 2.24) is 0 Å². The Hall–Kier alpha value is -2.08. The molecule has 0 aromatic heterocycles. The van der Waals surface area contributed by atoms with Gasteiger partial charge in [-0.05, 0) is 0 Å². The Labute approximate surface area is 101 Å². The van der Waals surface area contributed by atoms with Crippen LogP contribution in [0.15, 0.2) is 35.6 Å². The van der Waals surface area contributed by atoms with Gasteiger partial charge in [0.1, 0.15) is 0 Å². The summed E-state index contributed by atoms with van der Waals surface area (Å²) >= 11 is 5.37. The lowest BCUT2D eigenvalue weighted by Gasteiger charge is -2.06. The maximum Gasteiger partial charge on any atom is 0.337 e. The van der Waals surface area contributed by atoms with E-state index in [-0.39, 0.29) is 0 Å². The first-order valence-electron chi connectivity index (χ1n) is 4.16. The lowest BCUT2D eigenvalue weighted by molar-refractivity contribution is -0.140. The van der Waals surface area contributed by atoms with E-state index in [1.165, 1.54) is 0 Å². The minimum atomic E-state index is -1.59. The van der Waals surface area contributed by atoms with Crippen molar-refractivity contribution in [3.63, 3.8) is 0 Å². The van der Waals surface area contributed by atoms with Gasteiger partial charge in [-0.1, -0.05) is 24.8 Å². The van der Waals surface area contributed by atoms with E-state index in [9.17, 15) is 14.4 Å². The van der Waals surface area contributed by atoms with E-state index in [4.69, 9.17) is 21.8 Å². The van der Waals surface area contributed by atoms with E-state index in [2.05, 4.69) is 17.9 Å². The van der Waals surface area contributed by atoms with E-state index < -0.39 is 40.5 Å². The second-order valence-corrected chi connectivity index (χ2v) is 3.16. The van der Waals surface area contributed by atoms with Gasteiger partial charge in [-0.2, -0.15) is 0 Å². The minimum Gasteiger partial charge on any atom is -0.478 e. The lowest BCUT2D eigenvalue weighted by atomic mass is 10.1. The summed E-state index contributed by atoms with van der Waals surface area (Å²) in [4.78, 5) is 32.7. The third-order valence-electron chi connectivity index (χ3n) is 1.58. The smallest absolute Gasteiger partial charge is 0.337 e. The summed E-state index contributed by atoms with van der Waals surface area (Å²) in [6.07, 6.45) is 0.0481. The van der Waals surface area contributed by atoms with Crippen LogP contribution in [0.25, 0.3) is 0 Å². The number of carbonyl (C=O) groups is 3. The molecule has 0 aliphatic rings. The number of hydrogen-bond donors (Lipinski definition) is 2. The first kappa shape index (κ1) is 14.9. The summed E-state index contributed by atoms with van der Waals surface area (Å²) in [5.41, 5.74) is -1.44. The first-order chi connectivity index (χ1) is 7.81. The van der Waals surface area contributed by atoms with Gasteiger partial charge in [0.15, 0.2) is 0 Å². The molecular formula is C10H9ClO6. The molecule has 0 saturated carbocycles. The van der Waals surface area contributed by atoms with Gasteiger partial charge >= 0.3 is 17.9 Å². The number of aliphatic carboxylic acids is 2. The van der Waals surface area contributed by atoms with Crippen LogP contribution in [0.4, 0.5) is 0 Å². The maximum absolute atomic E-state index is 11.1. The predicted octanol–water partition coefficient (Wildman–Crippen LogP) is 1.28. The number of ether oxygens (including phenoxy) is 1. The Bertz CT molecular complexity index is 405. The van der Waals surface area contributed by atoms with Crippen LogP contribution in [0.2, 0.25) is 0 Å². The predicted molar refractivity (Wildman–Crippen MR) is 58.2 cm³/mol. The normalized spacial score (nSPS) is 11.1. The number of carboxylic acid groups (broad SMARTS) is 2. The van der Waals surface area contributed by atoms with Gasteiger partial charge < -0.3 is 14.9 Å². The number of rotatable bonds is 6. The van der Waals surface area contributed by atoms with Crippen LogP contribution in [-0.2, 0) is 19.1 Å². The number of halogens is 1. The van der Waals surface area contributed by atoms with E-state index in [0.29, 0.717) is 0 Å². The SMILES string of the molecule is C=COC(=O)CC(C(=O)O)=C(C(=C)Cl)C(=O)O. The van der Waals surface area contributed by atoms with Crippen LogP contribution in [0, 0.1) is 0 Å². The standard InChI is InChI=1S/C10H9ClO6/c1-3-17-7(12)4-6(9(13)14)8(5(2)11)10(15)16/h3H,1-2,4H2,(H,13,14)(H,15,16). The summed E-state index contributed by atoms with van der Waals surface area (Å²) in [6.45, 7) is 6.23. The molecule has 0 spiro atoms. The fraction of sp³-hybridized carbons (Fsp3) is 0.100. The highest BCUT2D eigenvalue weighted by molar-refractivity contribution is 6.35. The molecular weight excluding hydrogens is 252 g/mol. The number of hydrogen-bond acceptors (Lipinski definition) is 4. The largest absolute Gasteiger partial charge is 0.478 e. The molecule has 2 N–H and O–H groups in total. The summed E-state index contributed by atoms with van der Waals surface area (Å²) in [5, 5.41) is 17.1. The number of carbonyl (C=O) groups excluding carboxylic acids is 1. The number of esters is 1. The Kier molecular flexibility index (Phi) is 5.70. The lowest BCUT2D eigenvalue weighted by Crippen LogP contribution is -2.15. The van der Waals surface area contributed by atoms with Crippen molar-refractivity contribution < 1.29 is 29.3 Å². The molecule has 0 heterocycles. The van der Waals surface area contributed by atoms with E-state index in [1.54, 1.807) is 0 Å². The second kappa shape index (κ2) is 6.49. The Morgan fingerprint density at radius 3 is 2.06 bits per heavy atom. The minimum absolute atomic E-state index is 0.485. The maximum atomic E-state index is 11.1. The molecule has 0 fully saturated rings. The van der Waals surface area contributed by atoms with Gasteiger partial charge in [0.25, 0.3) is 0 Å². The molecule has 92 valence electrons. The van der Waals surface area contributed by atoms with Crippen LogP contribution >= 0.6 is 11.6 Å². The molecule has 0 bridgehead atoms. The Morgan fingerprint density at radius 1 is 1.24 bits per heavy atom. The molecule has 0 saturated heterocycles. The molecule has 0 aromatic carbocycles. The van der Waals surface area contributed by atoms with Crippen molar-refractivity contribution in [1.29, 1.82) is 0 Å². The molecule has 17 heavy (non-hydrogen) atoms. The van der Waals surface area contributed by atoms with Crippen LogP contribution in [-0.4, -0.2) is 28.1 Å². The van der Waals surface area contributed by atoms with Gasteiger partial charge in [0.2, 0.25) is 0 Å². The summed E-state index contributed by atoms with van der Waals surface area (Å²) in [7, 11) is 0. The van der Waals surface area contributed by atoms with Crippen molar-refractivity contribution in [2.45, 2.75) is 6.42 Å². The average molecular weight is 261 g/mol. The van der Waals surface area contributed by atoms with Gasteiger partial charge in [-0.15, -0.1) is 0 Å². The molecule has 0 aromatic rings. The zero-order valence-corrected chi connectivity index (χ0v) is 9.36. The molecule has 0 unspecified atom stereocenters. The quantitative estimate of drug-likeness (QED) is 0.323. The molecule has 0 radical (unpaired) electrons. The summed E-state index contributed by atoms with van der Waals surface area (Å²) in [5.74, 6) is -4.15. The monoisotopic (exact) mass is 260 g/mol. The van der Waals surface area contributed by atoms with E-state index in [0.717, 1.165) is 6.26 Å². The van der Waals surface area contributed by atoms with Gasteiger partial charge in [-0.25, -0.2) is 9.59 Å². The first-order valence-corrected chi connectivity index (χ1v) is 4.54. The van der Waals surface area contributed by atoms with Crippen molar-refractivity contribution >= 4 is 29.5 Å². The van der Waals surface area contributed by atoms with Crippen molar-refractivity contribution in [2.24, 2.45) is 0 Å². The third-order valence-corrected chi connectivity index (χ3v) is 1.77. The van der Waals surface area contributed by atoms with E-state index >= 15 is 0 Å². The van der Waals surface area contributed by atoms with Gasteiger partial charge in [0.05, 0.1) is 23.8 Å². The Balaban J connectivity index is 5.45. The average Bonchev–Trinajstić information content (AvgIpc) is 2.15. The summed E-state index contributed by atoms with van der Waals surface area (Å²) < 4.78 is 4.29. The molecule has 0 aliphatic heterocycles. The highest BCUT2D eigenvalue weighted by atomic mass is 35.5. The van der Waals surface area contributed by atoms with Crippen molar-refractivity contribution in [3.8, 4) is 0 Å². The van der Waals surface area contributed by atoms with Gasteiger partial charge in [0, 0.05) is 5.03 Å². The van der Waals surface area contributed by atoms with Crippen LogP contribution in [0.1, 0.15) is 6.42 Å². The molecule has 0 aliphatic carbocycles. The topological polar surface area (TPSA) is 101 Å². The molecule has 0 atom stereocenters. The van der Waals surface area contributed by atoms with Crippen LogP contribution in [0.5, 0.6) is 0 Å². The molecule has 0 amide bonds. The summed E-state index contributed by atoms with van der Waals surface area (Å²) in [6, 6.07) is 0. The fourth-order valence-corrected chi connectivity index (χ4v) is 1.15. The zero-order chi connectivity index (χ0) is 13.6. The fourth-order valence-electron chi connectivity index (χ4n) is 0.959. The highest BCUT2D eigenvalue weighted by Crippen LogP contribution is 2.20. The van der Waals surface area contributed by atoms with Crippen LogP contribution in [0.3, 0.4) is 0 Å². The number of carboxylic acids is 2. The third kappa shape index (κ3) is 4.52. The highest BCUT2D eigenvalue weighted by Gasteiger charge is 2.24. The Morgan fingerprint density at radius 2 is 1.76 bits per heavy atom. The second-order valence-electron chi connectivity index (χ2n) is 2.70. The molecule has 0 rings (SSSR count). The van der Waals surface area contributed by atoms with Gasteiger partial charge in [-0.3, -0.25) is 4.79 Å². The van der Waals surface area contributed by atoms with Crippen LogP contribution < -0.4 is 0 Å².